The highest BCUT2D eigenvalue weighted by atomic mass is 35.5. The minimum absolute atomic E-state index is 0. The third kappa shape index (κ3) is 17.8. The zero-order valence-electron chi connectivity index (χ0n) is 28.3. The van der Waals surface area contributed by atoms with E-state index in [0.717, 1.165) is 16.7 Å². The number of carbonyl (C=O) groups excluding carboxylic acids is 5. The number of hydrogen-bond donors (Lipinski definition) is 6. The number of amides is 5. The van der Waals surface area contributed by atoms with E-state index >= 15 is 0 Å². The molecule has 0 saturated heterocycles. The van der Waals surface area contributed by atoms with E-state index in [9.17, 15) is 24.0 Å². The Morgan fingerprint density at radius 1 is 0.510 bits per heavy atom. The van der Waals surface area contributed by atoms with Crippen LogP contribution in [0.4, 0.5) is 14.4 Å². The molecule has 3 aromatic carbocycles. The predicted molar refractivity (Wildman–Crippen MR) is 193 cm³/mol. The van der Waals surface area contributed by atoms with Crippen LogP contribution < -0.4 is 32.3 Å². The fraction of sp³-hybridized carbons (Fsp3) is 0.361. The van der Waals surface area contributed by atoms with E-state index in [1.165, 1.54) is 0 Å². The molecule has 0 aliphatic carbocycles. The molecule has 51 heavy (non-hydrogen) atoms. The molecule has 0 heterocycles. The lowest BCUT2D eigenvalue weighted by Gasteiger charge is -2.23. The monoisotopic (exact) mass is 726 g/mol. The molecule has 14 nitrogen and oxygen atoms in total. The minimum Gasteiger partial charge on any atom is -0.445 e. The number of halogens is 1. The van der Waals surface area contributed by atoms with Crippen molar-refractivity contribution >= 4 is 42.5 Å². The smallest absolute Gasteiger partial charge is 0.408 e. The first-order valence-electron chi connectivity index (χ1n) is 16.5. The molecular formula is C36H47ClN6O8. The van der Waals surface area contributed by atoms with E-state index in [0.29, 0.717) is 12.8 Å². The molecule has 276 valence electrons. The molecule has 0 radical (unpaired) electrons. The van der Waals surface area contributed by atoms with E-state index in [2.05, 4.69) is 26.6 Å². The zero-order valence-corrected chi connectivity index (χ0v) is 29.2. The van der Waals surface area contributed by atoms with Crippen molar-refractivity contribution in [3.8, 4) is 0 Å². The first-order chi connectivity index (χ1) is 24.3. The van der Waals surface area contributed by atoms with Gasteiger partial charge in [-0.05, 0) is 48.9 Å². The van der Waals surface area contributed by atoms with Crippen molar-refractivity contribution in [2.75, 3.05) is 26.2 Å². The van der Waals surface area contributed by atoms with Crippen LogP contribution in [-0.2, 0) is 43.6 Å². The Hall–Kier alpha value is -5.34. The number of benzene rings is 3. The Balaban J connectivity index is 0.00000901. The second-order valence-corrected chi connectivity index (χ2v) is 11.2. The van der Waals surface area contributed by atoms with Crippen LogP contribution in [0.1, 0.15) is 42.4 Å². The summed E-state index contributed by atoms with van der Waals surface area (Å²) in [6.07, 6.45) is -0.977. The van der Waals surface area contributed by atoms with Gasteiger partial charge in [-0.15, -0.1) is 12.4 Å². The van der Waals surface area contributed by atoms with Gasteiger partial charge in [0.25, 0.3) is 0 Å². The average Bonchev–Trinajstić information content (AvgIpc) is 3.14. The van der Waals surface area contributed by atoms with Gasteiger partial charge in [-0.2, -0.15) is 0 Å². The molecule has 0 bridgehead atoms. The minimum atomic E-state index is -1.03. The summed E-state index contributed by atoms with van der Waals surface area (Å²) in [4.78, 5) is 63.4. The van der Waals surface area contributed by atoms with Gasteiger partial charge in [-0.1, -0.05) is 91.0 Å². The summed E-state index contributed by atoms with van der Waals surface area (Å²) in [5.74, 6) is -1.12. The second-order valence-electron chi connectivity index (χ2n) is 11.2. The molecule has 3 rings (SSSR count). The molecule has 0 unspecified atom stereocenters. The maximum absolute atomic E-state index is 13.4. The number of alkyl carbamates (subject to hydrolysis) is 3. The van der Waals surface area contributed by atoms with E-state index in [-0.39, 0.29) is 71.2 Å². The highest BCUT2D eigenvalue weighted by Gasteiger charge is 2.27. The maximum Gasteiger partial charge on any atom is 0.408 e. The summed E-state index contributed by atoms with van der Waals surface area (Å²) in [7, 11) is 0. The molecule has 2 atom stereocenters. The molecule has 0 saturated carbocycles. The molecular weight excluding hydrogens is 680 g/mol. The van der Waals surface area contributed by atoms with Gasteiger partial charge in [0.1, 0.15) is 31.9 Å². The zero-order chi connectivity index (χ0) is 35.8. The Morgan fingerprint density at radius 2 is 0.922 bits per heavy atom. The Kier molecular flexibility index (Phi) is 20.3. The van der Waals surface area contributed by atoms with E-state index in [4.69, 9.17) is 19.9 Å². The molecule has 3 aromatic rings. The molecule has 0 fully saturated rings. The normalized spacial score (nSPS) is 11.4. The molecule has 15 heteroatoms. The highest BCUT2D eigenvalue weighted by Crippen LogP contribution is 2.06. The summed E-state index contributed by atoms with van der Waals surface area (Å²) in [6, 6.07) is 25.4. The van der Waals surface area contributed by atoms with Crippen LogP contribution in [0.15, 0.2) is 91.0 Å². The highest BCUT2D eigenvalue weighted by molar-refractivity contribution is 5.91. The van der Waals surface area contributed by atoms with Crippen molar-refractivity contribution in [1.82, 2.24) is 26.6 Å². The van der Waals surface area contributed by atoms with Crippen molar-refractivity contribution in [1.29, 1.82) is 0 Å². The summed E-state index contributed by atoms with van der Waals surface area (Å²) in [5.41, 5.74) is 8.11. The van der Waals surface area contributed by atoms with Gasteiger partial charge in [0.05, 0.1) is 0 Å². The molecule has 0 spiro atoms. The number of nitrogens with two attached hydrogens (primary N) is 1. The van der Waals surface area contributed by atoms with E-state index in [1.54, 1.807) is 12.1 Å². The number of carbonyl (C=O) groups is 5. The Morgan fingerprint density at radius 3 is 1.41 bits per heavy atom. The molecule has 0 aromatic heterocycles. The quantitative estimate of drug-likeness (QED) is 0.0743. The molecule has 0 aliphatic heterocycles. The average molecular weight is 727 g/mol. The summed E-state index contributed by atoms with van der Waals surface area (Å²) in [5, 5.41) is 13.2. The Labute approximate surface area is 304 Å². The standard InChI is InChI=1S/C36H46N6O8.ClH/c37-20-10-18-31(42-36(47)50-26-29-16-8-3-9-17-29)33(44)41-30(19-11-21-39-34(45)48-24-27-12-4-1-5-13-27)32(43)38-22-23-40-35(46)49-25-28-14-6-2-7-15-28;/h1-9,12-17,30-31H,10-11,18-26,37H2,(H,38,43)(H,39,45)(H,40,46)(H,41,44)(H,42,47);1H/t30-,31-;/m0./s1. The van der Waals surface area contributed by atoms with Gasteiger partial charge in [0.2, 0.25) is 11.8 Å². The van der Waals surface area contributed by atoms with Crippen LogP contribution in [0.25, 0.3) is 0 Å². The van der Waals surface area contributed by atoms with Crippen molar-refractivity contribution in [3.05, 3.63) is 108 Å². The van der Waals surface area contributed by atoms with E-state index < -0.39 is 42.2 Å². The van der Waals surface area contributed by atoms with Crippen LogP contribution in [-0.4, -0.2) is 68.4 Å². The van der Waals surface area contributed by atoms with Crippen molar-refractivity contribution in [2.45, 2.75) is 57.6 Å². The molecule has 0 aliphatic rings. The summed E-state index contributed by atoms with van der Waals surface area (Å²) < 4.78 is 15.7. The summed E-state index contributed by atoms with van der Waals surface area (Å²) >= 11 is 0. The first-order valence-corrected chi connectivity index (χ1v) is 16.5. The lowest BCUT2D eigenvalue weighted by molar-refractivity contribution is -0.130. The van der Waals surface area contributed by atoms with Crippen molar-refractivity contribution in [3.63, 3.8) is 0 Å². The van der Waals surface area contributed by atoms with Gasteiger partial charge in [-0.3, -0.25) is 9.59 Å². The third-order valence-electron chi connectivity index (χ3n) is 7.21. The van der Waals surface area contributed by atoms with Crippen molar-refractivity contribution in [2.24, 2.45) is 5.73 Å². The largest absolute Gasteiger partial charge is 0.445 e. The lowest BCUT2D eigenvalue weighted by atomic mass is 10.1. The van der Waals surface area contributed by atoms with Gasteiger partial charge in [0.15, 0.2) is 0 Å². The van der Waals surface area contributed by atoms with Gasteiger partial charge in [0, 0.05) is 19.6 Å². The molecule has 5 amide bonds. The van der Waals surface area contributed by atoms with Crippen molar-refractivity contribution < 1.29 is 38.2 Å². The van der Waals surface area contributed by atoms with Gasteiger partial charge < -0.3 is 46.5 Å². The van der Waals surface area contributed by atoms with Crippen LogP contribution >= 0.6 is 12.4 Å². The number of rotatable bonds is 20. The van der Waals surface area contributed by atoms with Crippen LogP contribution in [0, 0.1) is 0 Å². The SMILES string of the molecule is Cl.NCCC[C@H](NC(=O)OCc1ccccc1)C(=O)N[C@@H](CCCNC(=O)OCc1ccccc1)C(=O)NCCNC(=O)OCc1ccccc1. The number of hydrogen-bond acceptors (Lipinski definition) is 9. The number of ether oxygens (including phenoxy) is 3. The maximum atomic E-state index is 13.4. The van der Waals surface area contributed by atoms with E-state index in [1.807, 2.05) is 78.9 Å². The van der Waals surface area contributed by atoms with Crippen LogP contribution in [0.5, 0.6) is 0 Å². The third-order valence-corrected chi connectivity index (χ3v) is 7.21. The number of nitrogens with one attached hydrogen (secondary N) is 5. The lowest BCUT2D eigenvalue weighted by Crippen LogP contribution is -2.54. The Bertz CT molecular complexity index is 1470. The predicted octanol–water partition coefficient (Wildman–Crippen LogP) is 3.68. The van der Waals surface area contributed by atoms with Gasteiger partial charge >= 0.3 is 18.3 Å². The van der Waals surface area contributed by atoms with Crippen LogP contribution in [0.3, 0.4) is 0 Å². The second kappa shape index (κ2) is 24.7. The fourth-order valence-electron chi connectivity index (χ4n) is 4.56. The van der Waals surface area contributed by atoms with Crippen LogP contribution in [0.2, 0.25) is 0 Å². The molecule has 7 N–H and O–H groups in total. The topological polar surface area (TPSA) is 199 Å². The van der Waals surface area contributed by atoms with Gasteiger partial charge in [-0.25, -0.2) is 14.4 Å². The fourth-order valence-corrected chi connectivity index (χ4v) is 4.56. The summed E-state index contributed by atoms with van der Waals surface area (Å²) in [6.45, 7) is 0.785. The first kappa shape index (κ1) is 41.8.